The topological polar surface area (TPSA) is 128 Å². The molecule has 168 valence electrons. The number of rotatable bonds is 7. The Kier molecular flexibility index (Phi) is 7.58. The van der Waals surface area contributed by atoms with E-state index >= 15 is 0 Å². The maximum absolute atomic E-state index is 13.8. The first-order valence-electron chi connectivity index (χ1n) is 9.90. The van der Waals surface area contributed by atoms with E-state index in [0.717, 1.165) is 5.56 Å². The highest BCUT2D eigenvalue weighted by molar-refractivity contribution is 5.73. The van der Waals surface area contributed by atoms with Gasteiger partial charge in [0.2, 0.25) is 12.2 Å². The van der Waals surface area contributed by atoms with E-state index in [1.54, 1.807) is 30.3 Å². The molecule has 0 bridgehead atoms. The molecule has 3 rings (SSSR count). The molecule has 8 nitrogen and oxygen atoms in total. The number of amides is 1. The van der Waals surface area contributed by atoms with Gasteiger partial charge in [0.1, 0.15) is 36.0 Å². The van der Waals surface area contributed by atoms with Crippen molar-refractivity contribution in [3.63, 3.8) is 0 Å². The molecule has 1 fully saturated rings. The minimum absolute atomic E-state index is 0.158. The minimum atomic E-state index is -1.56. The lowest BCUT2D eigenvalue weighted by molar-refractivity contribution is -0.277. The van der Waals surface area contributed by atoms with E-state index in [-0.39, 0.29) is 11.7 Å². The van der Waals surface area contributed by atoms with Crippen LogP contribution in [0.2, 0.25) is 0 Å². The third kappa shape index (κ3) is 5.57. The number of hydrogen-bond donors (Lipinski definition) is 5. The zero-order valence-corrected chi connectivity index (χ0v) is 16.9. The molecular formula is C22H26FNO7. The maximum Gasteiger partial charge on any atom is 0.229 e. The first-order chi connectivity index (χ1) is 14.8. The fourth-order valence-corrected chi connectivity index (χ4v) is 3.44. The van der Waals surface area contributed by atoms with Crippen molar-refractivity contribution in [3.05, 3.63) is 53.8 Å². The minimum Gasteiger partial charge on any atom is -0.462 e. The summed E-state index contributed by atoms with van der Waals surface area (Å²) in [7, 11) is 0. The second-order valence-electron chi connectivity index (χ2n) is 7.38. The molecule has 2 aromatic rings. The Morgan fingerprint density at radius 3 is 2.58 bits per heavy atom. The van der Waals surface area contributed by atoms with Crippen LogP contribution in [0, 0.1) is 5.82 Å². The highest BCUT2D eigenvalue weighted by atomic mass is 19.1. The number of aliphatic hydroxyl groups excluding tert-OH is 4. The molecule has 2 aromatic carbocycles. The van der Waals surface area contributed by atoms with Crippen LogP contribution < -0.4 is 10.1 Å². The monoisotopic (exact) mass is 435 g/mol. The SMILES string of the molecule is CC(=O)NCCc1ccc(OC2O[C@H](CO)[C@@H](O)[C@H](O)[C@H]2O)cc1-c1cccc(F)c1. The predicted octanol–water partition coefficient (Wildman–Crippen LogP) is 0.350. The second kappa shape index (κ2) is 10.2. The number of hydrogen-bond acceptors (Lipinski definition) is 7. The van der Waals surface area contributed by atoms with Crippen molar-refractivity contribution in [2.45, 2.75) is 44.1 Å². The van der Waals surface area contributed by atoms with Gasteiger partial charge in [0.25, 0.3) is 0 Å². The Balaban J connectivity index is 1.87. The van der Waals surface area contributed by atoms with Crippen LogP contribution in [0.1, 0.15) is 12.5 Å². The number of carbonyl (C=O) groups is 1. The Morgan fingerprint density at radius 2 is 1.90 bits per heavy atom. The molecule has 31 heavy (non-hydrogen) atoms. The lowest BCUT2D eigenvalue weighted by Gasteiger charge is -2.39. The maximum atomic E-state index is 13.8. The van der Waals surface area contributed by atoms with Crippen molar-refractivity contribution in [1.82, 2.24) is 5.32 Å². The second-order valence-corrected chi connectivity index (χ2v) is 7.38. The molecule has 5 atom stereocenters. The van der Waals surface area contributed by atoms with Crippen molar-refractivity contribution < 1.29 is 39.1 Å². The lowest BCUT2D eigenvalue weighted by Crippen LogP contribution is -2.60. The molecule has 0 aliphatic carbocycles. The summed E-state index contributed by atoms with van der Waals surface area (Å²) >= 11 is 0. The summed E-state index contributed by atoms with van der Waals surface area (Å²) in [6.45, 7) is 1.25. The fourth-order valence-electron chi connectivity index (χ4n) is 3.44. The summed E-state index contributed by atoms with van der Waals surface area (Å²) in [5.41, 5.74) is 2.09. The molecular weight excluding hydrogens is 409 g/mol. The number of ether oxygens (including phenoxy) is 2. The molecule has 9 heteroatoms. The van der Waals surface area contributed by atoms with E-state index in [1.165, 1.54) is 19.1 Å². The van der Waals surface area contributed by atoms with Gasteiger partial charge >= 0.3 is 0 Å². The Bertz CT molecular complexity index is 907. The van der Waals surface area contributed by atoms with Gasteiger partial charge in [-0.2, -0.15) is 0 Å². The van der Waals surface area contributed by atoms with Crippen LogP contribution >= 0.6 is 0 Å². The summed E-state index contributed by atoms with van der Waals surface area (Å²) in [6.07, 6.45) is -6.53. The third-order valence-corrected chi connectivity index (χ3v) is 5.09. The zero-order valence-electron chi connectivity index (χ0n) is 16.9. The highest BCUT2D eigenvalue weighted by Crippen LogP contribution is 2.31. The molecule has 5 N–H and O–H groups in total. The fraction of sp³-hybridized carbons (Fsp3) is 0.409. The van der Waals surface area contributed by atoms with E-state index in [2.05, 4.69) is 5.32 Å². The highest BCUT2D eigenvalue weighted by Gasteiger charge is 2.44. The third-order valence-electron chi connectivity index (χ3n) is 5.09. The van der Waals surface area contributed by atoms with Gasteiger partial charge in [-0.25, -0.2) is 4.39 Å². The number of aliphatic hydroxyl groups is 4. The van der Waals surface area contributed by atoms with Gasteiger partial charge in [-0.15, -0.1) is 0 Å². The molecule has 1 heterocycles. The van der Waals surface area contributed by atoms with Crippen LogP contribution in [0.4, 0.5) is 4.39 Å². The predicted molar refractivity (Wildman–Crippen MR) is 109 cm³/mol. The molecule has 0 spiro atoms. The first kappa shape index (κ1) is 23.1. The van der Waals surface area contributed by atoms with Crippen molar-refractivity contribution in [2.75, 3.05) is 13.2 Å². The lowest BCUT2D eigenvalue weighted by atomic mass is 9.97. The smallest absolute Gasteiger partial charge is 0.229 e. The molecule has 0 aromatic heterocycles. The number of halogens is 1. The molecule has 1 amide bonds. The Hall–Kier alpha value is -2.56. The molecule has 1 aliphatic rings. The van der Waals surface area contributed by atoms with E-state index in [1.807, 2.05) is 0 Å². The van der Waals surface area contributed by atoms with E-state index < -0.39 is 43.1 Å². The van der Waals surface area contributed by atoms with Gasteiger partial charge in [0, 0.05) is 13.5 Å². The van der Waals surface area contributed by atoms with Crippen LogP contribution in [0.15, 0.2) is 42.5 Å². The molecule has 0 saturated carbocycles. The van der Waals surface area contributed by atoms with Crippen molar-refractivity contribution in [1.29, 1.82) is 0 Å². The first-order valence-corrected chi connectivity index (χ1v) is 9.90. The largest absolute Gasteiger partial charge is 0.462 e. The average molecular weight is 435 g/mol. The summed E-state index contributed by atoms with van der Waals surface area (Å²) in [4.78, 5) is 11.2. The van der Waals surface area contributed by atoms with E-state index in [0.29, 0.717) is 24.1 Å². The molecule has 1 unspecified atom stereocenters. The average Bonchev–Trinajstić information content (AvgIpc) is 2.74. The zero-order chi connectivity index (χ0) is 22.5. The quantitative estimate of drug-likeness (QED) is 0.425. The van der Waals surface area contributed by atoms with Crippen LogP contribution in [-0.2, 0) is 16.0 Å². The van der Waals surface area contributed by atoms with Crippen LogP contribution in [0.3, 0.4) is 0 Å². The molecule has 0 radical (unpaired) electrons. The van der Waals surface area contributed by atoms with Crippen LogP contribution in [-0.4, -0.2) is 70.2 Å². The van der Waals surface area contributed by atoms with Crippen LogP contribution in [0.25, 0.3) is 11.1 Å². The number of benzene rings is 2. The van der Waals surface area contributed by atoms with Gasteiger partial charge in [-0.3, -0.25) is 4.79 Å². The number of nitrogens with one attached hydrogen (secondary N) is 1. The number of carbonyl (C=O) groups excluding carboxylic acids is 1. The van der Waals surface area contributed by atoms with Crippen molar-refractivity contribution >= 4 is 5.91 Å². The van der Waals surface area contributed by atoms with Gasteiger partial charge in [-0.1, -0.05) is 18.2 Å². The summed E-state index contributed by atoms with van der Waals surface area (Å²) in [5.74, 6) is -0.299. The van der Waals surface area contributed by atoms with E-state index in [4.69, 9.17) is 9.47 Å². The van der Waals surface area contributed by atoms with Gasteiger partial charge in [0.15, 0.2) is 0 Å². The Morgan fingerprint density at radius 1 is 1.13 bits per heavy atom. The standard InChI is InChI=1S/C22H26FNO7/c1-12(26)24-8-7-13-5-6-16(10-17(13)14-3-2-4-15(23)9-14)30-22-21(29)20(28)19(27)18(11-25)31-22/h2-6,9-10,18-22,25,27-29H,7-8,11H2,1H3,(H,24,26)/t18-,19-,20+,21-,22?/m1/s1. The van der Waals surface area contributed by atoms with Crippen molar-refractivity contribution in [2.24, 2.45) is 0 Å². The Labute approximate surface area is 178 Å². The summed E-state index contributed by atoms with van der Waals surface area (Å²) < 4.78 is 24.9. The van der Waals surface area contributed by atoms with Gasteiger partial charge < -0.3 is 35.2 Å². The normalized spacial score (nSPS) is 25.8. The molecule has 1 aliphatic heterocycles. The van der Waals surface area contributed by atoms with Gasteiger partial charge in [0.05, 0.1) is 6.61 Å². The van der Waals surface area contributed by atoms with Gasteiger partial charge in [-0.05, 0) is 47.4 Å². The van der Waals surface area contributed by atoms with E-state index in [9.17, 15) is 29.6 Å². The van der Waals surface area contributed by atoms with Crippen LogP contribution in [0.5, 0.6) is 5.75 Å². The summed E-state index contributed by atoms with van der Waals surface area (Å²) in [5, 5.41) is 42.1. The summed E-state index contributed by atoms with van der Waals surface area (Å²) in [6, 6.07) is 11.0. The van der Waals surface area contributed by atoms with Crippen molar-refractivity contribution in [3.8, 4) is 16.9 Å². The molecule has 1 saturated heterocycles.